The molecule has 10 heteroatoms. The van der Waals surface area contributed by atoms with Crippen molar-refractivity contribution in [1.29, 1.82) is 0 Å². The molecule has 1 amide bonds. The highest BCUT2D eigenvalue weighted by Crippen LogP contribution is 2.29. The topological polar surface area (TPSA) is 78.4 Å². The standard InChI is InChI=1S/C15H24F3N5OS/c1-5-20-12(24)14(2,3)9-22-13(19-4)21-7-6-11-23-10(8-25-11)15(16,17)18/h8H,5-7,9H2,1-4H3,(H,20,24)(H2,19,21,22). The fraction of sp³-hybridized carbons (Fsp3) is 0.667. The first-order valence-electron chi connectivity index (χ1n) is 7.84. The number of alkyl halides is 3. The van der Waals surface area contributed by atoms with Gasteiger partial charge in [-0.25, -0.2) is 4.98 Å². The minimum atomic E-state index is -4.41. The lowest BCUT2D eigenvalue weighted by molar-refractivity contribution is -0.140. The van der Waals surface area contributed by atoms with Crippen LogP contribution in [-0.2, 0) is 17.4 Å². The molecule has 1 rings (SSSR count). The number of carbonyl (C=O) groups is 1. The van der Waals surface area contributed by atoms with Gasteiger partial charge >= 0.3 is 6.18 Å². The number of amides is 1. The van der Waals surface area contributed by atoms with Crippen molar-refractivity contribution >= 4 is 23.2 Å². The van der Waals surface area contributed by atoms with E-state index in [4.69, 9.17) is 0 Å². The van der Waals surface area contributed by atoms with Gasteiger partial charge in [0.25, 0.3) is 0 Å². The van der Waals surface area contributed by atoms with E-state index in [9.17, 15) is 18.0 Å². The van der Waals surface area contributed by atoms with Crippen LogP contribution in [0.3, 0.4) is 0 Å². The number of nitrogens with one attached hydrogen (secondary N) is 3. The Morgan fingerprint density at radius 3 is 2.48 bits per heavy atom. The second-order valence-electron chi connectivity index (χ2n) is 5.97. The van der Waals surface area contributed by atoms with E-state index < -0.39 is 17.3 Å². The Morgan fingerprint density at radius 1 is 1.28 bits per heavy atom. The summed E-state index contributed by atoms with van der Waals surface area (Å²) in [5.74, 6) is 0.408. The predicted octanol–water partition coefficient (Wildman–Crippen LogP) is 2.03. The minimum absolute atomic E-state index is 0.0691. The zero-order valence-electron chi connectivity index (χ0n) is 14.8. The molecule has 0 unspecified atom stereocenters. The van der Waals surface area contributed by atoms with Gasteiger partial charge in [0.2, 0.25) is 5.91 Å². The SMILES string of the molecule is CCNC(=O)C(C)(C)CNC(=NC)NCCc1nc(C(F)(F)F)cs1. The van der Waals surface area contributed by atoms with Crippen molar-refractivity contribution in [3.8, 4) is 0 Å². The van der Waals surface area contributed by atoms with Crippen LogP contribution in [0.4, 0.5) is 13.2 Å². The van der Waals surface area contributed by atoms with Crippen molar-refractivity contribution < 1.29 is 18.0 Å². The summed E-state index contributed by atoms with van der Waals surface area (Å²) >= 11 is 0.978. The third kappa shape index (κ3) is 6.89. The molecule has 1 aromatic heterocycles. The van der Waals surface area contributed by atoms with Crippen LogP contribution >= 0.6 is 11.3 Å². The zero-order valence-corrected chi connectivity index (χ0v) is 15.6. The molecule has 0 bridgehead atoms. The molecule has 0 fully saturated rings. The number of hydrogen-bond acceptors (Lipinski definition) is 4. The molecular formula is C15H24F3N5OS. The molecule has 0 spiro atoms. The molecule has 1 aromatic rings. The fourth-order valence-electron chi connectivity index (χ4n) is 1.85. The second kappa shape index (κ2) is 9.02. The maximum Gasteiger partial charge on any atom is 0.434 e. The van der Waals surface area contributed by atoms with E-state index in [2.05, 4.69) is 25.9 Å². The third-order valence-corrected chi connectivity index (χ3v) is 4.26. The van der Waals surface area contributed by atoms with Gasteiger partial charge in [0, 0.05) is 38.5 Å². The molecule has 0 aromatic carbocycles. The molecular weight excluding hydrogens is 355 g/mol. The van der Waals surface area contributed by atoms with Gasteiger partial charge in [-0.3, -0.25) is 9.79 Å². The first-order chi connectivity index (χ1) is 11.6. The average Bonchev–Trinajstić information content (AvgIpc) is 3.00. The normalized spacial score (nSPS) is 12.8. The lowest BCUT2D eigenvalue weighted by atomic mass is 9.92. The minimum Gasteiger partial charge on any atom is -0.356 e. The van der Waals surface area contributed by atoms with Crippen molar-refractivity contribution in [3.05, 3.63) is 16.1 Å². The molecule has 0 saturated heterocycles. The third-order valence-electron chi connectivity index (χ3n) is 3.35. The molecule has 0 atom stereocenters. The number of rotatable bonds is 7. The molecule has 6 nitrogen and oxygen atoms in total. The van der Waals surface area contributed by atoms with E-state index in [1.54, 1.807) is 7.05 Å². The van der Waals surface area contributed by atoms with E-state index >= 15 is 0 Å². The molecule has 0 saturated carbocycles. The highest BCUT2D eigenvalue weighted by atomic mass is 32.1. The lowest BCUT2D eigenvalue weighted by Crippen LogP contribution is -2.48. The Kier molecular flexibility index (Phi) is 7.65. The average molecular weight is 379 g/mol. The van der Waals surface area contributed by atoms with Crippen molar-refractivity contribution in [3.63, 3.8) is 0 Å². The molecule has 0 aliphatic carbocycles. The number of carbonyl (C=O) groups excluding carboxylic acids is 1. The predicted molar refractivity (Wildman–Crippen MR) is 92.6 cm³/mol. The van der Waals surface area contributed by atoms with Gasteiger partial charge in [-0.05, 0) is 20.8 Å². The number of guanidine groups is 1. The first kappa shape index (κ1) is 21.2. The number of nitrogens with zero attached hydrogens (tertiary/aromatic N) is 2. The maximum atomic E-state index is 12.5. The summed E-state index contributed by atoms with van der Waals surface area (Å²) in [5, 5.41) is 10.2. The van der Waals surface area contributed by atoms with Crippen molar-refractivity contribution in [1.82, 2.24) is 20.9 Å². The van der Waals surface area contributed by atoms with Crippen LogP contribution in [-0.4, -0.2) is 43.5 Å². The smallest absolute Gasteiger partial charge is 0.356 e. The van der Waals surface area contributed by atoms with Gasteiger partial charge in [-0.2, -0.15) is 13.2 Å². The summed E-state index contributed by atoms with van der Waals surface area (Å²) in [6, 6.07) is 0. The number of aromatic nitrogens is 1. The monoisotopic (exact) mass is 379 g/mol. The molecule has 1 heterocycles. The molecule has 0 radical (unpaired) electrons. The van der Waals surface area contributed by atoms with Crippen LogP contribution in [0.5, 0.6) is 0 Å². The summed E-state index contributed by atoms with van der Waals surface area (Å²) in [7, 11) is 1.58. The van der Waals surface area contributed by atoms with Crippen molar-refractivity contribution in [2.75, 3.05) is 26.7 Å². The lowest BCUT2D eigenvalue weighted by Gasteiger charge is -2.24. The van der Waals surface area contributed by atoms with Crippen LogP contribution in [0.2, 0.25) is 0 Å². The van der Waals surface area contributed by atoms with Crippen LogP contribution < -0.4 is 16.0 Å². The summed E-state index contributed by atoms with van der Waals surface area (Å²) in [6.45, 7) is 6.78. The Morgan fingerprint density at radius 2 is 1.96 bits per heavy atom. The Labute approximate surface area is 149 Å². The molecule has 0 aliphatic rings. The zero-order chi connectivity index (χ0) is 19.1. The van der Waals surface area contributed by atoms with Crippen molar-refractivity contribution in [2.45, 2.75) is 33.4 Å². The summed E-state index contributed by atoms with van der Waals surface area (Å²) in [6.07, 6.45) is -4.06. The largest absolute Gasteiger partial charge is 0.434 e. The molecule has 25 heavy (non-hydrogen) atoms. The van der Waals surface area contributed by atoms with E-state index in [0.29, 0.717) is 37.0 Å². The van der Waals surface area contributed by atoms with Gasteiger partial charge in [0.15, 0.2) is 11.7 Å². The van der Waals surface area contributed by atoms with Gasteiger partial charge in [-0.15, -0.1) is 11.3 Å². The first-order valence-corrected chi connectivity index (χ1v) is 8.72. The van der Waals surface area contributed by atoms with E-state index in [0.717, 1.165) is 16.7 Å². The Hall–Kier alpha value is -1.84. The molecule has 0 aliphatic heterocycles. The van der Waals surface area contributed by atoms with Gasteiger partial charge in [-0.1, -0.05) is 0 Å². The fourth-order valence-corrected chi connectivity index (χ4v) is 2.65. The Balaban J connectivity index is 2.45. The van der Waals surface area contributed by atoms with Crippen molar-refractivity contribution in [2.24, 2.45) is 10.4 Å². The van der Waals surface area contributed by atoms with Gasteiger partial charge in [0.05, 0.1) is 10.4 Å². The highest BCUT2D eigenvalue weighted by molar-refractivity contribution is 7.09. The van der Waals surface area contributed by atoms with Crippen LogP contribution in [0.15, 0.2) is 10.4 Å². The van der Waals surface area contributed by atoms with Crippen LogP contribution in [0.1, 0.15) is 31.5 Å². The molecule has 142 valence electrons. The second-order valence-corrected chi connectivity index (χ2v) is 6.91. The van der Waals surface area contributed by atoms with E-state index in [1.165, 1.54) is 0 Å². The summed E-state index contributed by atoms with van der Waals surface area (Å²) in [4.78, 5) is 19.5. The van der Waals surface area contributed by atoms with E-state index in [-0.39, 0.29) is 5.91 Å². The van der Waals surface area contributed by atoms with Crippen LogP contribution in [0.25, 0.3) is 0 Å². The summed E-state index contributed by atoms with van der Waals surface area (Å²) < 4.78 is 37.5. The highest BCUT2D eigenvalue weighted by Gasteiger charge is 2.33. The number of thiazole rings is 1. The summed E-state index contributed by atoms with van der Waals surface area (Å²) in [5.41, 5.74) is -1.48. The number of halogens is 3. The quantitative estimate of drug-likeness (QED) is 0.500. The van der Waals surface area contributed by atoms with Gasteiger partial charge < -0.3 is 16.0 Å². The van der Waals surface area contributed by atoms with E-state index in [1.807, 2.05) is 20.8 Å². The number of aliphatic imine (C=N–C) groups is 1. The number of hydrogen-bond donors (Lipinski definition) is 3. The van der Waals surface area contributed by atoms with Crippen LogP contribution in [0, 0.1) is 5.41 Å². The maximum absolute atomic E-state index is 12.5. The van der Waals surface area contributed by atoms with Gasteiger partial charge in [0.1, 0.15) is 0 Å². The Bertz CT molecular complexity index is 598. The molecule has 3 N–H and O–H groups in total.